The number of nitrogens with zero attached hydrogens (tertiary/aromatic N) is 3. The van der Waals surface area contributed by atoms with E-state index in [9.17, 15) is 9.59 Å². The number of hydrogen-bond acceptors (Lipinski definition) is 3. The molecule has 0 saturated heterocycles. The largest absolute Gasteiger partial charge is 1.00 e. The molecule has 6 nitrogen and oxygen atoms in total. The summed E-state index contributed by atoms with van der Waals surface area (Å²) in [4.78, 5) is 29.4. The Balaban J connectivity index is -0.000000490. The smallest absolute Gasteiger partial charge is 1.00 e. The van der Waals surface area contributed by atoms with Gasteiger partial charge in [0.15, 0.2) is 5.65 Å². The van der Waals surface area contributed by atoms with Crippen molar-refractivity contribution in [2.45, 2.75) is 0 Å². The van der Waals surface area contributed by atoms with Crippen molar-refractivity contribution in [3.05, 3.63) is 27.2 Å². The summed E-state index contributed by atoms with van der Waals surface area (Å²) in [6, 6.07) is 0. The molecule has 72 valence electrons. The van der Waals surface area contributed by atoms with Gasteiger partial charge in [0.1, 0.15) is 5.52 Å². The van der Waals surface area contributed by atoms with E-state index in [1.165, 1.54) is 17.9 Å². The Morgan fingerprint density at radius 2 is 1.87 bits per heavy atom. The first-order valence-corrected chi connectivity index (χ1v) is 3.72. The van der Waals surface area contributed by atoms with Crippen LogP contribution in [0.1, 0.15) is 2.85 Å². The molecule has 0 saturated carbocycles. The Kier molecular flexibility index (Phi) is 5.52. The van der Waals surface area contributed by atoms with Crippen molar-refractivity contribution >= 4 is 11.2 Å². The molecule has 0 radical (unpaired) electrons. The van der Waals surface area contributed by atoms with Gasteiger partial charge in [-0.15, -0.1) is 0 Å². The van der Waals surface area contributed by atoms with Gasteiger partial charge in [-0.25, -0.2) is 9.78 Å². The average Bonchev–Trinajstić information content (AvgIpc) is 2.59. The molecule has 2 aromatic rings. The molecule has 0 aliphatic rings. The first kappa shape index (κ1) is 15.2. The van der Waals surface area contributed by atoms with Gasteiger partial charge in [0, 0.05) is 14.1 Å². The Bertz CT molecular complexity index is 592. The minimum absolute atomic E-state index is 0. The molecule has 0 bridgehead atoms. The van der Waals surface area contributed by atoms with Gasteiger partial charge in [0.25, 0.3) is 5.56 Å². The summed E-state index contributed by atoms with van der Waals surface area (Å²) in [6.07, 6.45) is 1.39. The van der Waals surface area contributed by atoms with Gasteiger partial charge in [-0.3, -0.25) is 13.9 Å². The van der Waals surface area contributed by atoms with Gasteiger partial charge < -0.3 is 7.84 Å². The van der Waals surface area contributed by atoms with Gasteiger partial charge in [-0.05, 0) is 0 Å². The fourth-order valence-corrected chi connectivity index (χ4v) is 1.27. The topological polar surface area (TPSA) is 72.7 Å². The quantitative estimate of drug-likeness (QED) is 0.455. The van der Waals surface area contributed by atoms with Gasteiger partial charge >= 0.3 is 64.8 Å². The summed E-state index contributed by atoms with van der Waals surface area (Å²) < 4.78 is 2.37. The summed E-state index contributed by atoms with van der Waals surface area (Å²) in [5.74, 6) is 0. The molecule has 2 aromatic heterocycles. The molecule has 0 unspecified atom stereocenters. The van der Waals surface area contributed by atoms with E-state index >= 15 is 0 Å². The number of aryl methyl sites for hydroxylation is 1. The van der Waals surface area contributed by atoms with E-state index in [4.69, 9.17) is 0 Å². The molecular formula is C7H10N4Na2O2. The molecule has 8 heteroatoms. The third kappa shape index (κ3) is 2.30. The molecule has 2 heterocycles. The molecule has 0 atom stereocenters. The number of aromatic nitrogens is 4. The van der Waals surface area contributed by atoms with E-state index in [-0.39, 0.29) is 73.2 Å². The number of fused-ring (bicyclic) bond motifs is 1. The average molecular weight is 228 g/mol. The second-order valence-electron chi connectivity index (χ2n) is 2.81. The van der Waals surface area contributed by atoms with E-state index in [0.717, 1.165) is 4.57 Å². The van der Waals surface area contributed by atoms with Crippen LogP contribution in [0.15, 0.2) is 15.9 Å². The molecule has 2 rings (SSSR count). The number of H-pyrrole nitrogens is 1. The van der Waals surface area contributed by atoms with Crippen LogP contribution in [-0.2, 0) is 14.1 Å². The molecule has 0 aliphatic heterocycles. The predicted molar refractivity (Wildman–Crippen MR) is 48.8 cm³/mol. The normalized spacial score (nSPS) is 9.47. The fourth-order valence-electron chi connectivity index (χ4n) is 1.27. The van der Waals surface area contributed by atoms with Gasteiger partial charge in [0.05, 0.1) is 6.33 Å². The molecule has 15 heavy (non-hydrogen) atoms. The Morgan fingerprint density at radius 3 is 2.47 bits per heavy atom. The molecule has 0 spiro atoms. The Hall–Kier alpha value is 0.150. The van der Waals surface area contributed by atoms with E-state index < -0.39 is 0 Å². The molecule has 0 aromatic carbocycles. The van der Waals surface area contributed by atoms with Crippen molar-refractivity contribution < 1.29 is 62.0 Å². The first-order chi connectivity index (χ1) is 6.13. The van der Waals surface area contributed by atoms with Crippen LogP contribution >= 0.6 is 0 Å². The predicted octanol–water partition coefficient (Wildman–Crippen LogP) is -6.81. The maximum atomic E-state index is 11.4. The minimum Gasteiger partial charge on any atom is -1.00 e. The number of nitrogens with one attached hydrogen (secondary N) is 1. The van der Waals surface area contributed by atoms with Gasteiger partial charge in [0.2, 0.25) is 0 Å². The SMILES string of the molecule is Cn1c(=O)c2[nH]cnc2n(C)c1=O.[H-].[H-].[Na+].[Na+]. The summed E-state index contributed by atoms with van der Waals surface area (Å²) in [5.41, 5.74) is 0.0119. The van der Waals surface area contributed by atoms with Crippen LogP contribution in [0.4, 0.5) is 0 Å². The summed E-state index contributed by atoms with van der Waals surface area (Å²) in [6.45, 7) is 0. The van der Waals surface area contributed by atoms with E-state index in [0.29, 0.717) is 11.2 Å². The van der Waals surface area contributed by atoms with Crippen molar-refractivity contribution in [3.63, 3.8) is 0 Å². The molecule has 0 fully saturated rings. The van der Waals surface area contributed by atoms with Crippen LogP contribution < -0.4 is 70.4 Å². The van der Waals surface area contributed by atoms with Gasteiger partial charge in [-0.2, -0.15) is 0 Å². The third-order valence-corrected chi connectivity index (χ3v) is 2.03. The van der Waals surface area contributed by atoms with Crippen molar-refractivity contribution in [1.29, 1.82) is 0 Å². The standard InChI is InChI=1S/C7H8N4O2.2Na.2H/c1-10-5-4(8-3-9-5)6(12)11(2)7(10)13;;;;/h3H,1-2H3,(H,8,9);;;;/q;2*+1;2*-1. The van der Waals surface area contributed by atoms with Crippen LogP contribution in [0.3, 0.4) is 0 Å². The summed E-state index contributed by atoms with van der Waals surface area (Å²) >= 11 is 0. The second kappa shape index (κ2) is 5.47. The Morgan fingerprint density at radius 1 is 1.27 bits per heavy atom. The summed E-state index contributed by atoms with van der Waals surface area (Å²) in [7, 11) is 3.01. The second-order valence-corrected chi connectivity index (χ2v) is 2.81. The maximum Gasteiger partial charge on any atom is 1.00 e. The monoisotopic (exact) mass is 228 g/mol. The zero-order valence-electron chi connectivity index (χ0n) is 11.2. The Labute approximate surface area is 132 Å². The molecule has 0 aliphatic carbocycles. The number of imidazole rings is 1. The van der Waals surface area contributed by atoms with Crippen LogP contribution in [0.25, 0.3) is 11.2 Å². The summed E-state index contributed by atoms with van der Waals surface area (Å²) in [5, 5.41) is 0. The third-order valence-electron chi connectivity index (χ3n) is 2.03. The number of rotatable bonds is 0. The van der Waals surface area contributed by atoms with Crippen molar-refractivity contribution in [2.75, 3.05) is 0 Å². The number of hydrogen-bond donors (Lipinski definition) is 1. The molecule has 1 N–H and O–H groups in total. The van der Waals surface area contributed by atoms with E-state index in [2.05, 4.69) is 9.97 Å². The van der Waals surface area contributed by atoms with Crippen LogP contribution in [-0.4, -0.2) is 19.1 Å². The number of aromatic amines is 1. The van der Waals surface area contributed by atoms with E-state index in [1.54, 1.807) is 7.05 Å². The molecular weight excluding hydrogens is 218 g/mol. The zero-order chi connectivity index (χ0) is 9.59. The van der Waals surface area contributed by atoms with Gasteiger partial charge in [-0.1, -0.05) is 0 Å². The van der Waals surface area contributed by atoms with Crippen LogP contribution in [0.5, 0.6) is 0 Å². The minimum atomic E-state index is -0.371. The molecule has 0 amide bonds. The first-order valence-electron chi connectivity index (χ1n) is 3.72. The van der Waals surface area contributed by atoms with Crippen LogP contribution in [0.2, 0.25) is 0 Å². The zero-order valence-corrected chi connectivity index (χ0v) is 13.2. The van der Waals surface area contributed by atoms with Crippen molar-refractivity contribution in [2.24, 2.45) is 14.1 Å². The van der Waals surface area contributed by atoms with Crippen molar-refractivity contribution in [1.82, 2.24) is 19.1 Å². The van der Waals surface area contributed by atoms with Crippen molar-refractivity contribution in [3.8, 4) is 0 Å². The maximum absolute atomic E-state index is 11.4. The fraction of sp³-hybridized carbons (Fsp3) is 0.286. The van der Waals surface area contributed by atoms with E-state index in [1.807, 2.05) is 0 Å². The van der Waals surface area contributed by atoms with Crippen LogP contribution in [0, 0.1) is 0 Å².